The fraction of sp³-hybridized carbons (Fsp3) is 0.684. The molecule has 0 bridgehead atoms. The van der Waals surface area contributed by atoms with Gasteiger partial charge in [-0.15, -0.1) is 0 Å². The van der Waals surface area contributed by atoms with E-state index in [0.29, 0.717) is 11.8 Å². The highest BCUT2D eigenvalue weighted by Crippen LogP contribution is 2.24. The van der Waals surface area contributed by atoms with E-state index in [0.717, 1.165) is 25.2 Å². The summed E-state index contributed by atoms with van der Waals surface area (Å²) < 4.78 is 0. The molecule has 0 saturated heterocycles. The van der Waals surface area contributed by atoms with Gasteiger partial charge in [-0.25, -0.2) is 0 Å². The van der Waals surface area contributed by atoms with Crippen molar-refractivity contribution < 1.29 is 5.11 Å². The summed E-state index contributed by atoms with van der Waals surface area (Å²) in [7, 11) is 0. The molecule has 1 rings (SSSR count). The molecule has 1 aromatic carbocycles. The van der Waals surface area contributed by atoms with Gasteiger partial charge < -0.3 is 5.11 Å². The number of rotatable bonds is 7. The Hall–Kier alpha value is -0.860. The monoisotopic (exact) mass is 291 g/mol. The molecule has 0 saturated carbocycles. The van der Waals surface area contributed by atoms with Crippen LogP contribution in [0.2, 0.25) is 0 Å². The van der Waals surface area contributed by atoms with Gasteiger partial charge in [-0.2, -0.15) is 0 Å². The van der Waals surface area contributed by atoms with Gasteiger partial charge in [0.1, 0.15) is 0 Å². The van der Waals surface area contributed by atoms with Crippen LogP contribution >= 0.6 is 0 Å². The first kappa shape index (κ1) is 18.2. The molecule has 1 N–H and O–H groups in total. The summed E-state index contributed by atoms with van der Waals surface area (Å²) in [5, 5.41) is 10.7. The lowest BCUT2D eigenvalue weighted by molar-refractivity contribution is 0.0978. The predicted molar refractivity (Wildman–Crippen MR) is 91.7 cm³/mol. The molecule has 0 aliphatic rings. The van der Waals surface area contributed by atoms with Crippen LogP contribution in [0.3, 0.4) is 0 Å². The van der Waals surface area contributed by atoms with E-state index in [2.05, 4.69) is 65.5 Å². The fourth-order valence-corrected chi connectivity index (χ4v) is 3.31. The average Bonchev–Trinajstić information content (AvgIpc) is 2.24. The Morgan fingerprint density at radius 3 is 1.67 bits per heavy atom. The van der Waals surface area contributed by atoms with E-state index in [-0.39, 0.29) is 0 Å². The van der Waals surface area contributed by atoms with E-state index in [1.807, 2.05) is 0 Å². The smallest absolute Gasteiger partial charge is 0.0922 e. The largest absolute Gasteiger partial charge is 0.387 e. The standard InChI is InChI=1S/C19H33NO/c1-13(2)10-20(11-14(3)4)12-18(21)19-16(6)8-15(5)9-17(19)7/h8-9,13-14,18,21H,10-12H2,1-7H3. The quantitative estimate of drug-likeness (QED) is 0.811. The first-order chi connectivity index (χ1) is 9.70. The van der Waals surface area contributed by atoms with Gasteiger partial charge in [0.25, 0.3) is 0 Å². The maximum Gasteiger partial charge on any atom is 0.0922 e. The van der Waals surface area contributed by atoms with Crippen molar-refractivity contribution >= 4 is 0 Å². The van der Waals surface area contributed by atoms with E-state index < -0.39 is 6.10 Å². The number of hydrogen-bond donors (Lipinski definition) is 1. The highest BCUT2D eigenvalue weighted by Gasteiger charge is 2.19. The molecule has 0 amide bonds. The van der Waals surface area contributed by atoms with E-state index in [4.69, 9.17) is 0 Å². The third-order valence-electron chi connectivity index (χ3n) is 3.75. The first-order valence-corrected chi connectivity index (χ1v) is 8.18. The third kappa shape index (κ3) is 5.80. The molecule has 1 atom stereocenters. The van der Waals surface area contributed by atoms with Gasteiger partial charge in [-0.1, -0.05) is 45.4 Å². The van der Waals surface area contributed by atoms with Gasteiger partial charge in [0, 0.05) is 19.6 Å². The fourth-order valence-electron chi connectivity index (χ4n) is 3.31. The van der Waals surface area contributed by atoms with E-state index in [9.17, 15) is 5.11 Å². The molecule has 21 heavy (non-hydrogen) atoms. The highest BCUT2D eigenvalue weighted by atomic mass is 16.3. The van der Waals surface area contributed by atoms with Crippen molar-refractivity contribution in [3.8, 4) is 0 Å². The van der Waals surface area contributed by atoms with Crippen molar-refractivity contribution in [1.29, 1.82) is 0 Å². The molecule has 2 heteroatoms. The summed E-state index contributed by atoms with van der Waals surface area (Å²) in [4.78, 5) is 2.40. The van der Waals surface area contributed by atoms with Crippen LogP contribution in [0.1, 0.15) is 56.1 Å². The van der Waals surface area contributed by atoms with Crippen LogP contribution in [-0.2, 0) is 0 Å². The van der Waals surface area contributed by atoms with Crippen LogP contribution < -0.4 is 0 Å². The van der Waals surface area contributed by atoms with Gasteiger partial charge in [0.05, 0.1) is 6.10 Å². The molecule has 0 aliphatic heterocycles. The first-order valence-electron chi connectivity index (χ1n) is 8.18. The number of nitrogens with zero attached hydrogens (tertiary/aromatic N) is 1. The van der Waals surface area contributed by atoms with Crippen molar-refractivity contribution in [3.05, 3.63) is 34.4 Å². The minimum Gasteiger partial charge on any atom is -0.387 e. The molecule has 0 heterocycles. The second-order valence-electron chi connectivity index (χ2n) is 7.33. The van der Waals surface area contributed by atoms with Crippen LogP contribution in [0.15, 0.2) is 12.1 Å². The van der Waals surface area contributed by atoms with Crippen LogP contribution in [0, 0.1) is 32.6 Å². The molecule has 1 unspecified atom stereocenters. The van der Waals surface area contributed by atoms with Crippen molar-refractivity contribution in [3.63, 3.8) is 0 Å². The molecule has 2 nitrogen and oxygen atoms in total. The Morgan fingerprint density at radius 1 is 0.857 bits per heavy atom. The van der Waals surface area contributed by atoms with Crippen LogP contribution in [-0.4, -0.2) is 29.6 Å². The number of aliphatic hydroxyl groups is 1. The summed E-state index contributed by atoms with van der Waals surface area (Å²) in [6.07, 6.45) is -0.400. The Labute approximate surface area is 131 Å². The zero-order valence-corrected chi connectivity index (χ0v) is 14.9. The van der Waals surface area contributed by atoms with Gasteiger partial charge in [-0.3, -0.25) is 4.90 Å². The SMILES string of the molecule is Cc1cc(C)c(C(O)CN(CC(C)C)CC(C)C)c(C)c1. The van der Waals surface area contributed by atoms with E-state index >= 15 is 0 Å². The van der Waals surface area contributed by atoms with Gasteiger partial charge in [0.15, 0.2) is 0 Å². The Kier molecular flexibility index (Phi) is 6.89. The minimum absolute atomic E-state index is 0.400. The predicted octanol–water partition coefficient (Wildman–Crippen LogP) is 4.26. The molecule has 0 aromatic heterocycles. The topological polar surface area (TPSA) is 23.5 Å². The molecule has 120 valence electrons. The molecule has 0 fully saturated rings. The number of benzene rings is 1. The summed E-state index contributed by atoms with van der Waals surface area (Å²) >= 11 is 0. The second kappa shape index (κ2) is 7.95. The van der Waals surface area contributed by atoms with Crippen LogP contribution in [0.4, 0.5) is 0 Å². The second-order valence-corrected chi connectivity index (χ2v) is 7.33. The number of aryl methyl sites for hydroxylation is 3. The summed E-state index contributed by atoms with van der Waals surface area (Å²) in [5.41, 5.74) is 4.78. The zero-order valence-electron chi connectivity index (χ0n) is 14.9. The van der Waals surface area contributed by atoms with Crippen molar-refractivity contribution in [1.82, 2.24) is 4.90 Å². The molecular weight excluding hydrogens is 258 g/mol. The summed E-state index contributed by atoms with van der Waals surface area (Å²) in [5.74, 6) is 1.24. The molecule has 1 aromatic rings. The van der Waals surface area contributed by atoms with Crippen LogP contribution in [0.25, 0.3) is 0 Å². The third-order valence-corrected chi connectivity index (χ3v) is 3.75. The van der Waals surface area contributed by atoms with Crippen molar-refractivity contribution in [2.75, 3.05) is 19.6 Å². The molecule has 0 spiro atoms. The lowest BCUT2D eigenvalue weighted by atomic mass is 9.95. The van der Waals surface area contributed by atoms with Gasteiger partial charge in [0.2, 0.25) is 0 Å². The van der Waals surface area contributed by atoms with Gasteiger partial charge in [-0.05, 0) is 49.3 Å². The van der Waals surface area contributed by atoms with Gasteiger partial charge >= 0.3 is 0 Å². The maximum atomic E-state index is 10.7. The lowest BCUT2D eigenvalue weighted by Gasteiger charge is -2.29. The number of aliphatic hydroxyl groups excluding tert-OH is 1. The molecule has 0 aliphatic carbocycles. The summed E-state index contributed by atoms with van der Waals surface area (Å²) in [6, 6.07) is 4.33. The molecular formula is C19H33NO. The van der Waals surface area contributed by atoms with Crippen molar-refractivity contribution in [2.24, 2.45) is 11.8 Å². The van der Waals surface area contributed by atoms with E-state index in [1.54, 1.807) is 0 Å². The van der Waals surface area contributed by atoms with E-state index in [1.165, 1.54) is 16.7 Å². The summed E-state index contributed by atoms with van der Waals surface area (Å²) in [6.45, 7) is 18.1. The Bertz CT molecular complexity index is 418. The minimum atomic E-state index is -0.400. The Morgan fingerprint density at radius 2 is 1.29 bits per heavy atom. The normalized spacial score (nSPS) is 13.5. The lowest BCUT2D eigenvalue weighted by Crippen LogP contribution is -2.35. The zero-order chi connectivity index (χ0) is 16.2. The average molecular weight is 291 g/mol. The van der Waals surface area contributed by atoms with Crippen molar-refractivity contribution in [2.45, 2.75) is 54.6 Å². The highest BCUT2D eigenvalue weighted by molar-refractivity contribution is 5.39. The van der Waals surface area contributed by atoms with Crippen LogP contribution in [0.5, 0.6) is 0 Å². The maximum absolute atomic E-state index is 10.7. The molecule has 0 radical (unpaired) electrons. The number of hydrogen-bond acceptors (Lipinski definition) is 2. The Balaban J connectivity index is 2.88.